The first-order valence-electron chi connectivity index (χ1n) is 6.65. The van der Waals surface area contributed by atoms with E-state index in [4.69, 9.17) is 5.73 Å². The minimum atomic E-state index is -0.879. The summed E-state index contributed by atoms with van der Waals surface area (Å²) in [4.78, 5) is 24.6. The fourth-order valence-corrected chi connectivity index (χ4v) is 1.93. The molecule has 0 unspecified atom stereocenters. The number of hydrogen-bond acceptors (Lipinski definition) is 2. The van der Waals surface area contributed by atoms with Crippen LogP contribution >= 0.6 is 0 Å². The highest BCUT2D eigenvalue weighted by molar-refractivity contribution is 6.00. The Kier molecular flexibility index (Phi) is 4.73. The molecule has 0 spiro atoms. The summed E-state index contributed by atoms with van der Waals surface area (Å²) in [5, 5.41) is 2.50. The maximum atomic E-state index is 13.2. The number of nitrogens with one attached hydrogen (secondary N) is 1. The maximum absolute atomic E-state index is 13.2. The van der Waals surface area contributed by atoms with Crippen LogP contribution in [0, 0.1) is 12.7 Å². The van der Waals surface area contributed by atoms with Gasteiger partial charge in [0, 0.05) is 5.69 Å². The molecule has 2 rings (SSSR count). The zero-order chi connectivity index (χ0) is 16.1. The number of rotatable bonds is 3. The normalized spacial score (nSPS) is 10.1. The molecule has 0 aromatic heterocycles. The van der Waals surface area contributed by atoms with Crippen molar-refractivity contribution in [1.29, 1.82) is 0 Å². The Morgan fingerprint density at radius 3 is 2.50 bits per heavy atom. The van der Waals surface area contributed by atoms with Crippen LogP contribution < -0.4 is 11.1 Å². The van der Waals surface area contributed by atoms with E-state index in [-0.39, 0.29) is 6.54 Å². The second-order valence-electron chi connectivity index (χ2n) is 4.80. The number of amides is 4. The summed E-state index contributed by atoms with van der Waals surface area (Å²) in [7, 11) is 0. The molecular weight excluding hydrogens is 285 g/mol. The van der Waals surface area contributed by atoms with E-state index in [9.17, 15) is 14.0 Å². The fraction of sp³-hybridized carbons (Fsp3) is 0.125. The number of urea groups is 2. The molecule has 0 aliphatic heterocycles. The molecular formula is C16H16FN3O2. The first kappa shape index (κ1) is 15.5. The van der Waals surface area contributed by atoms with Crippen LogP contribution in [0.25, 0.3) is 0 Å². The van der Waals surface area contributed by atoms with Gasteiger partial charge in [0.05, 0.1) is 6.54 Å². The topological polar surface area (TPSA) is 75.4 Å². The summed E-state index contributed by atoms with van der Waals surface area (Å²) in [6, 6.07) is 11.4. The number of aryl methyl sites for hydroxylation is 1. The molecule has 5 nitrogen and oxygen atoms in total. The number of anilines is 1. The van der Waals surface area contributed by atoms with Crippen molar-refractivity contribution < 1.29 is 14.0 Å². The number of carbonyl (C=O) groups is 2. The molecule has 0 saturated heterocycles. The lowest BCUT2D eigenvalue weighted by molar-refractivity contribution is 0.198. The first-order valence-corrected chi connectivity index (χ1v) is 6.65. The molecule has 22 heavy (non-hydrogen) atoms. The van der Waals surface area contributed by atoms with Gasteiger partial charge >= 0.3 is 12.1 Å². The third-order valence-corrected chi connectivity index (χ3v) is 3.14. The number of primary amides is 1. The van der Waals surface area contributed by atoms with E-state index in [2.05, 4.69) is 5.32 Å². The van der Waals surface area contributed by atoms with Gasteiger partial charge in [-0.15, -0.1) is 0 Å². The molecule has 4 amide bonds. The third-order valence-electron chi connectivity index (χ3n) is 3.14. The molecule has 0 heterocycles. The van der Waals surface area contributed by atoms with E-state index in [1.165, 1.54) is 18.2 Å². The van der Waals surface area contributed by atoms with Crippen molar-refractivity contribution in [2.24, 2.45) is 5.73 Å². The van der Waals surface area contributed by atoms with Gasteiger partial charge in [-0.3, -0.25) is 0 Å². The summed E-state index contributed by atoms with van der Waals surface area (Å²) in [6.07, 6.45) is 0. The molecule has 0 aliphatic rings. The Labute approximate surface area is 127 Å². The number of benzene rings is 2. The largest absolute Gasteiger partial charge is 0.351 e. The Morgan fingerprint density at radius 1 is 1.18 bits per heavy atom. The Morgan fingerprint density at radius 2 is 1.86 bits per heavy atom. The number of nitrogens with zero attached hydrogens (tertiary/aromatic N) is 1. The summed E-state index contributed by atoms with van der Waals surface area (Å²) in [6.45, 7) is 1.76. The number of nitrogens with two attached hydrogens (primary N) is 1. The van der Waals surface area contributed by atoms with E-state index in [1.807, 2.05) is 6.07 Å². The molecule has 0 fully saturated rings. The number of halogens is 1. The van der Waals surface area contributed by atoms with Crippen molar-refractivity contribution in [1.82, 2.24) is 4.90 Å². The van der Waals surface area contributed by atoms with Crippen molar-refractivity contribution in [3.05, 3.63) is 65.5 Å². The van der Waals surface area contributed by atoms with Crippen molar-refractivity contribution in [3.8, 4) is 0 Å². The van der Waals surface area contributed by atoms with E-state index in [0.717, 1.165) is 10.5 Å². The number of carbonyl (C=O) groups excluding carboxylic acids is 2. The number of imide groups is 1. The van der Waals surface area contributed by atoms with Crippen molar-refractivity contribution >= 4 is 17.7 Å². The summed E-state index contributed by atoms with van der Waals surface area (Å²) in [5.74, 6) is -0.477. The van der Waals surface area contributed by atoms with Gasteiger partial charge < -0.3 is 11.1 Å². The Hall–Kier alpha value is -2.89. The van der Waals surface area contributed by atoms with Gasteiger partial charge in [0.25, 0.3) is 0 Å². The van der Waals surface area contributed by atoms with Crippen LogP contribution in [-0.2, 0) is 6.54 Å². The molecule has 0 aliphatic carbocycles. The SMILES string of the molecule is Cc1ccc(F)cc1NC(=O)N(Cc1ccccc1)C(N)=O. The highest BCUT2D eigenvalue weighted by atomic mass is 19.1. The lowest BCUT2D eigenvalue weighted by atomic mass is 10.2. The second kappa shape index (κ2) is 6.71. The Bertz CT molecular complexity index is 689. The molecule has 114 valence electrons. The van der Waals surface area contributed by atoms with Gasteiger partial charge in [-0.05, 0) is 30.2 Å². The van der Waals surface area contributed by atoms with Gasteiger partial charge in [0.1, 0.15) is 5.82 Å². The lowest BCUT2D eigenvalue weighted by Gasteiger charge is -2.20. The average Bonchev–Trinajstić information content (AvgIpc) is 2.49. The fourth-order valence-electron chi connectivity index (χ4n) is 1.93. The number of hydrogen-bond donors (Lipinski definition) is 2. The van der Waals surface area contributed by atoms with Gasteiger partial charge in [-0.1, -0.05) is 36.4 Å². The zero-order valence-corrected chi connectivity index (χ0v) is 12.0. The van der Waals surface area contributed by atoms with Crippen LogP contribution in [0.15, 0.2) is 48.5 Å². The van der Waals surface area contributed by atoms with Gasteiger partial charge in [-0.25, -0.2) is 18.9 Å². The molecule has 0 bridgehead atoms. The maximum Gasteiger partial charge on any atom is 0.330 e. The van der Waals surface area contributed by atoms with Crippen molar-refractivity contribution in [2.45, 2.75) is 13.5 Å². The molecule has 6 heteroatoms. The summed E-state index contributed by atoms with van der Waals surface area (Å²) in [5.41, 5.74) is 6.99. The molecule has 3 N–H and O–H groups in total. The van der Waals surface area contributed by atoms with E-state index in [1.54, 1.807) is 31.2 Å². The van der Waals surface area contributed by atoms with Crippen molar-refractivity contribution in [3.63, 3.8) is 0 Å². The van der Waals surface area contributed by atoms with Crippen molar-refractivity contribution in [2.75, 3.05) is 5.32 Å². The third kappa shape index (κ3) is 3.82. The summed E-state index contributed by atoms with van der Waals surface area (Å²) < 4.78 is 13.2. The smallest absolute Gasteiger partial charge is 0.330 e. The summed E-state index contributed by atoms with van der Waals surface area (Å²) >= 11 is 0. The lowest BCUT2D eigenvalue weighted by Crippen LogP contribution is -2.42. The predicted octanol–water partition coefficient (Wildman–Crippen LogP) is 3.25. The van der Waals surface area contributed by atoms with Gasteiger partial charge in [0.15, 0.2) is 0 Å². The average molecular weight is 301 g/mol. The molecule has 0 radical (unpaired) electrons. The highest BCUT2D eigenvalue weighted by Crippen LogP contribution is 2.17. The monoisotopic (exact) mass is 301 g/mol. The molecule has 2 aromatic rings. The molecule has 2 aromatic carbocycles. The standard InChI is InChI=1S/C16H16FN3O2/c1-11-7-8-13(17)9-14(11)19-16(22)20(15(18)21)10-12-5-3-2-4-6-12/h2-9H,10H2,1H3,(H2,18,21)(H,19,22). The van der Waals surface area contributed by atoms with Crippen LogP contribution in [0.2, 0.25) is 0 Å². The minimum Gasteiger partial charge on any atom is -0.351 e. The van der Waals surface area contributed by atoms with E-state index >= 15 is 0 Å². The van der Waals surface area contributed by atoms with Crippen LogP contribution in [-0.4, -0.2) is 17.0 Å². The highest BCUT2D eigenvalue weighted by Gasteiger charge is 2.20. The Balaban J connectivity index is 2.16. The van der Waals surface area contributed by atoms with E-state index in [0.29, 0.717) is 11.3 Å². The van der Waals surface area contributed by atoms with E-state index < -0.39 is 17.9 Å². The first-order chi connectivity index (χ1) is 10.5. The second-order valence-corrected chi connectivity index (χ2v) is 4.80. The van der Waals surface area contributed by atoms with Crippen LogP contribution in [0.4, 0.5) is 19.7 Å². The molecule has 0 atom stereocenters. The molecule has 0 saturated carbocycles. The zero-order valence-electron chi connectivity index (χ0n) is 12.0. The quantitative estimate of drug-likeness (QED) is 0.913. The van der Waals surface area contributed by atoms with Crippen LogP contribution in [0.5, 0.6) is 0 Å². The predicted molar refractivity (Wildman–Crippen MR) is 81.7 cm³/mol. The van der Waals surface area contributed by atoms with Gasteiger partial charge in [0.2, 0.25) is 0 Å². The van der Waals surface area contributed by atoms with Gasteiger partial charge in [-0.2, -0.15) is 0 Å². The van der Waals surface area contributed by atoms with Crippen LogP contribution in [0.1, 0.15) is 11.1 Å². The van der Waals surface area contributed by atoms with Crippen LogP contribution in [0.3, 0.4) is 0 Å². The minimum absolute atomic E-state index is 0.0381.